The highest BCUT2D eigenvalue weighted by atomic mass is 16.1. The van der Waals surface area contributed by atoms with Crippen LogP contribution in [0.5, 0.6) is 0 Å². The van der Waals surface area contributed by atoms with Gasteiger partial charge in [-0.05, 0) is 38.8 Å². The van der Waals surface area contributed by atoms with Crippen LogP contribution < -0.4 is 10.9 Å². The first-order valence-corrected chi connectivity index (χ1v) is 7.65. The first kappa shape index (κ1) is 14.3. The maximum Gasteiger partial charge on any atom is 0.255 e. The zero-order valence-corrected chi connectivity index (χ0v) is 12.2. The Morgan fingerprint density at radius 2 is 2.05 bits per heavy atom. The predicted molar refractivity (Wildman–Crippen MR) is 79.6 cm³/mol. The summed E-state index contributed by atoms with van der Waals surface area (Å²) in [7, 11) is 0. The summed E-state index contributed by atoms with van der Waals surface area (Å²) in [6, 6.07) is 4.52. The lowest BCUT2D eigenvalue weighted by Crippen LogP contribution is -2.30. The molecule has 1 aliphatic carbocycles. The second-order valence-corrected chi connectivity index (χ2v) is 5.64. The molecule has 2 rings (SSSR count). The summed E-state index contributed by atoms with van der Waals surface area (Å²) in [5.74, 6) is 0. The Kier molecular flexibility index (Phi) is 5.20. The van der Waals surface area contributed by atoms with E-state index in [1.54, 1.807) is 0 Å². The van der Waals surface area contributed by atoms with Crippen molar-refractivity contribution in [2.24, 2.45) is 0 Å². The molecule has 1 aromatic heterocycles. The summed E-state index contributed by atoms with van der Waals surface area (Å²) in [6.45, 7) is 5.92. The Labute approximate surface area is 116 Å². The van der Waals surface area contributed by atoms with Crippen LogP contribution in [0.1, 0.15) is 62.7 Å². The maximum atomic E-state index is 12.6. The molecular formula is C16H26N2O. The quantitative estimate of drug-likeness (QED) is 0.799. The fourth-order valence-corrected chi connectivity index (χ4v) is 2.96. The number of hydrogen-bond acceptors (Lipinski definition) is 2. The smallest absolute Gasteiger partial charge is 0.255 e. The van der Waals surface area contributed by atoms with E-state index < -0.39 is 0 Å². The lowest BCUT2D eigenvalue weighted by atomic mass is 10.1. The number of aromatic nitrogens is 1. The van der Waals surface area contributed by atoms with Crippen LogP contribution in [0.25, 0.3) is 0 Å². The van der Waals surface area contributed by atoms with E-state index in [0.29, 0.717) is 12.6 Å². The predicted octanol–water partition coefficient (Wildman–Crippen LogP) is 3.16. The fraction of sp³-hybridized carbons (Fsp3) is 0.688. The van der Waals surface area contributed by atoms with Crippen molar-refractivity contribution in [1.82, 2.24) is 9.88 Å². The second kappa shape index (κ2) is 6.90. The van der Waals surface area contributed by atoms with Crippen LogP contribution in [0, 0.1) is 6.92 Å². The van der Waals surface area contributed by atoms with E-state index in [4.69, 9.17) is 0 Å². The molecule has 3 heteroatoms. The van der Waals surface area contributed by atoms with Gasteiger partial charge in [-0.2, -0.15) is 0 Å². The Balaban J connectivity index is 2.12. The number of unbranched alkanes of at least 4 members (excludes halogenated alkanes) is 1. The van der Waals surface area contributed by atoms with Gasteiger partial charge in [0.1, 0.15) is 0 Å². The third-order valence-electron chi connectivity index (χ3n) is 4.11. The van der Waals surface area contributed by atoms with Gasteiger partial charge in [-0.1, -0.05) is 32.3 Å². The van der Waals surface area contributed by atoms with Crippen molar-refractivity contribution in [3.63, 3.8) is 0 Å². The van der Waals surface area contributed by atoms with Gasteiger partial charge in [-0.3, -0.25) is 4.79 Å². The minimum atomic E-state index is 0.218. The first-order valence-electron chi connectivity index (χ1n) is 7.65. The van der Waals surface area contributed by atoms with Crippen LogP contribution in [0.3, 0.4) is 0 Å². The molecule has 0 aliphatic heterocycles. The molecule has 106 valence electrons. The minimum Gasteiger partial charge on any atom is -0.312 e. The zero-order valence-electron chi connectivity index (χ0n) is 12.2. The molecule has 1 saturated carbocycles. The largest absolute Gasteiger partial charge is 0.312 e. The van der Waals surface area contributed by atoms with Gasteiger partial charge in [-0.25, -0.2) is 0 Å². The fourth-order valence-electron chi connectivity index (χ4n) is 2.96. The molecule has 0 radical (unpaired) electrons. The van der Waals surface area contributed by atoms with Gasteiger partial charge in [0, 0.05) is 23.8 Å². The molecule has 3 nitrogen and oxygen atoms in total. The summed E-state index contributed by atoms with van der Waals surface area (Å²) in [6.07, 6.45) is 7.20. The summed E-state index contributed by atoms with van der Waals surface area (Å²) >= 11 is 0. The maximum absolute atomic E-state index is 12.6. The Morgan fingerprint density at radius 3 is 2.74 bits per heavy atom. The van der Waals surface area contributed by atoms with Gasteiger partial charge in [0.25, 0.3) is 5.56 Å². The monoisotopic (exact) mass is 262 g/mol. The Hall–Kier alpha value is -1.09. The highest BCUT2D eigenvalue weighted by Gasteiger charge is 2.20. The molecule has 0 spiro atoms. The van der Waals surface area contributed by atoms with Gasteiger partial charge in [0.15, 0.2) is 0 Å². The Bertz CT molecular complexity index is 458. The van der Waals surface area contributed by atoms with Gasteiger partial charge in [0.05, 0.1) is 0 Å². The van der Waals surface area contributed by atoms with E-state index in [0.717, 1.165) is 30.6 Å². The van der Waals surface area contributed by atoms with Gasteiger partial charge in [0.2, 0.25) is 0 Å². The van der Waals surface area contributed by atoms with Crippen LogP contribution in [-0.2, 0) is 6.54 Å². The molecule has 1 fully saturated rings. The topological polar surface area (TPSA) is 34.0 Å². The standard InChI is InChI=1S/C16H26N2O/c1-3-4-11-17-12-14-10-9-13(2)18(16(14)19)15-7-5-6-8-15/h9-10,15,17H,3-8,11-12H2,1-2H3. The molecule has 0 unspecified atom stereocenters. The van der Waals surface area contributed by atoms with Crippen molar-refractivity contribution in [3.8, 4) is 0 Å². The lowest BCUT2D eigenvalue weighted by molar-refractivity contribution is 0.485. The molecule has 0 bridgehead atoms. The summed E-state index contributed by atoms with van der Waals surface area (Å²) in [4.78, 5) is 12.6. The number of aryl methyl sites for hydroxylation is 1. The molecule has 0 amide bonds. The number of nitrogens with zero attached hydrogens (tertiary/aromatic N) is 1. The molecule has 1 aliphatic rings. The average molecular weight is 262 g/mol. The lowest BCUT2D eigenvalue weighted by Gasteiger charge is -2.18. The average Bonchev–Trinajstić information content (AvgIpc) is 2.91. The van der Waals surface area contributed by atoms with Crippen LogP contribution in [-0.4, -0.2) is 11.1 Å². The van der Waals surface area contributed by atoms with Gasteiger partial charge < -0.3 is 9.88 Å². The highest BCUT2D eigenvalue weighted by Crippen LogP contribution is 2.29. The molecule has 1 N–H and O–H groups in total. The van der Waals surface area contributed by atoms with Crippen molar-refractivity contribution in [3.05, 3.63) is 33.7 Å². The van der Waals surface area contributed by atoms with Crippen LogP contribution in [0.2, 0.25) is 0 Å². The van der Waals surface area contributed by atoms with E-state index in [9.17, 15) is 4.79 Å². The van der Waals surface area contributed by atoms with Crippen molar-refractivity contribution < 1.29 is 0 Å². The number of nitrogens with one attached hydrogen (secondary N) is 1. The molecule has 1 aromatic rings. The van der Waals surface area contributed by atoms with E-state index in [1.165, 1.54) is 25.7 Å². The number of hydrogen-bond donors (Lipinski definition) is 1. The van der Waals surface area contributed by atoms with Crippen LogP contribution in [0.4, 0.5) is 0 Å². The highest BCUT2D eigenvalue weighted by molar-refractivity contribution is 5.16. The van der Waals surface area contributed by atoms with Gasteiger partial charge >= 0.3 is 0 Å². The Morgan fingerprint density at radius 1 is 1.32 bits per heavy atom. The number of pyridine rings is 1. The molecule has 0 aromatic carbocycles. The summed E-state index contributed by atoms with van der Waals surface area (Å²) in [5, 5.41) is 3.37. The molecule has 0 atom stereocenters. The van der Waals surface area contributed by atoms with Crippen LogP contribution >= 0.6 is 0 Å². The first-order chi connectivity index (χ1) is 9.24. The second-order valence-electron chi connectivity index (χ2n) is 5.64. The summed E-state index contributed by atoms with van der Waals surface area (Å²) < 4.78 is 2.03. The summed E-state index contributed by atoms with van der Waals surface area (Å²) in [5.41, 5.74) is 2.23. The molecule has 1 heterocycles. The van der Waals surface area contributed by atoms with Crippen LogP contribution in [0.15, 0.2) is 16.9 Å². The van der Waals surface area contributed by atoms with Crippen molar-refractivity contribution in [2.45, 2.75) is 65.0 Å². The molecular weight excluding hydrogens is 236 g/mol. The van der Waals surface area contributed by atoms with E-state index >= 15 is 0 Å². The van der Waals surface area contributed by atoms with E-state index in [1.807, 2.05) is 17.6 Å². The third-order valence-corrected chi connectivity index (χ3v) is 4.11. The normalized spacial score (nSPS) is 16.1. The van der Waals surface area contributed by atoms with Crippen molar-refractivity contribution in [2.75, 3.05) is 6.54 Å². The number of rotatable bonds is 6. The molecule has 0 saturated heterocycles. The minimum absolute atomic E-state index is 0.218. The van der Waals surface area contributed by atoms with Crippen molar-refractivity contribution in [1.29, 1.82) is 0 Å². The molecule has 19 heavy (non-hydrogen) atoms. The van der Waals surface area contributed by atoms with E-state index in [-0.39, 0.29) is 5.56 Å². The third kappa shape index (κ3) is 3.47. The van der Waals surface area contributed by atoms with E-state index in [2.05, 4.69) is 18.3 Å². The zero-order chi connectivity index (χ0) is 13.7. The SMILES string of the molecule is CCCCNCc1ccc(C)n(C2CCCC2)c1=O. The van der Waals surface area contributed by atoms with Gasteiger partial charge in [-0.15, -0.1) is 0 Å². The van der Waals surface area contributed by atoms with Crippen molar-refractivity contribution >= 4 is 0 Å².